The zero-order valence-electron chi connectivity index (χ0n) is 12.1. The van der Waals surface area contributed by atoms with Gasteiger partial charge in [0.25, 0.3) is 0 Å². The number of carbonyl (C=O) groups excluding carboxylic acids is 1. The Labute approximate surface area is 123 Å². The quantitative estimate of drug-likeness (QED) is 0.668. The van der Waals surface area contributed by atoms with E-state index in [1.807, 2.05) is 27.7 Å². The summed E-state index contributed by atoms with van der Waals surface area (Å²) in [5, 5.41) is 0.286. The van der Waals surface area contributed by atoms with Crippen LogP contribution in [0.5, 0.6) is 0 Å². The van der Waals surface area contributed by atoms with Gasteiger partial charge in [-0.1, -0.05) is 11.6 Å². The van der Waals surface area contributed by atoms with Crippen LogP contribution >= 0.6 is 11.6 Å². The van der Waals surface area contributed by atoms with Crippen molar-refractivity contribution in [3.8, 4) is 0 Å². The first-order chi connectivity index (χ1) is 9.10. The van der Waals surface area contributed by atoms with Gasteiger partial charge in [-0.05, 0) is 45.3 Å². The SMILES string of the molecule is CC1(C)OB(c2cc(Cl)nc(CC(N)=O)c2)OC1(C)C. The molecule has 2 N–H and O–H groups in total. The van der Waals surface area contributed by atoms with Crippen molar-refractivity contribution in [1.29, 1.82) is 0 Å². The molecule has 0 aliphatic carbocycles. The highest BCUT2D eigenvalue weighted by Gasteiger charge is 2.51. The highest BCUT2D eigenvalue weighted by molar-refractivity contribution is 6.62. The summed E-state index contributed by atoms with van der Waals surface area (Å²) in [6.45, 7) is 7.89. The topological polar surface area (TPSA) is 74.4 Å². The predicted molar refractivity (Wildman–Crippen MR) is 77.9 cm³/mol. The van der Waals surface area contributed by atoms with Crippen molar-refractivity contribution in [2.24, 2.45) is 5.73 Å². The van der Waals surface area contributed by atoms with E-state index in [-0.39, 0.29) is 11.6 Å². The Bertz CT molecular complexity index is 532. The minimum atomic E-state index is -0.535. The molecule has 108 valence electrons. The fraction of sp³-hybridized carbons (Fsp3) is 0.538. The number of rotatable bonds is 3. The summed E-state index contributed by atoms with van der Waals surface area (Å²) in [5.41, 5.74) is 5.56. The summed E-state index contributed by atoms with van der Waals surface area (Å²) in [7, 11) is -0.535. The van der Waals surface area contributed by atoms with E-state index in [9.17, 15) is 4.79 Å². The molecule has 7 heteroatoms. The third kappa shape index (κ3) is 2.97. The Morgan fingerprint density at radius 3 is 2.35 bits per heavy atom. The fourth-order valence-electron chi connectivity index (χ4n) is 1.96. The maximum absolute atomic E-state index is 11.0. The number of hydrogen-bond acceptors (Lipinski definition) is 4. The maximum atomic E-state index is 11.0. The number of amides is 1. The molecule has 1 aromatic heterocycles. The number of carbonyl (C=O) groups is 1. The van der Waals surface area contributed by atoms with Crippen LogP contribution in [0, 0.1) is 0 Å². The van der Waals surface area contributed by atoms with Crippen LogP contribution in [0.3, 0.4) is 0 Å². The second-order valence-electron chi connectivity index (χ2n) is 5.95. The summed E-state index contributed by atoms with van der Waals surface area (Å²) >= 11 is 5.98. The molecule has 0 bridgehead atoms. The molecule has 0 unspecified atom stereocenters. The van der Waals surface area contributed by atoms with E-state index in [1.54, 1.807) is 12.1 Å². The van der Waals surface area contributed by atoms with Crippen LogP contribution in [0.2, 0.25) is 5.15 Å². The highest BCUT2D eigenvalue weighted by Crippen LogP contribution is 2.36. The fourth-order valence-corrected chi connectivity index (χ4v) is 2.19. The summed E-state index contributed by atoms with van der Waals surface area (Å²) in [6, 6.07) is 3.41. The van der Waals surface area contributed by atoms with E-state index in [0.717, 1.165) is 5.46 Å². The molecule has 1 amide bonds. The molecule has 0 atom stereocenters. The number of hydrogen-bond donors (Lipinski definition) is 1. The van der Waals surface area contributed by atoms with Crippen LogP contribution in [0.4, 0.5) is 0 Å². The number of pyridine rings is 1. The first-order valence-corrected chi connectivity index (χ1v) is 6.79. The molecule has 1 saturated heterocycles. The number of aromatic nitrogens is 1. The summed E-state index contributed by atoms with van der Waals surface area (Å²) in [5.74, 6) is -0.459. The number of nitrogens with two attached hydrogens (primary N) is 1. The van der Waals surface area contributed by atoms with E-state index in [1.165, 1.54) is 0 Å². The zero-order valence-corrected chi connectivity index (χ0v) is 12.8. The van der Waals surface area contributed by atoms with Gasteiger partial charge in [0, 0.05) is 0 Å². The molecule has 1 aromatic rings. The molecular weight excluding hydrogens is 278 g/mol. The van der Waals surface area contributed by atoms with Gasteiger partial charge >= 0.3 is 7.12 Å². The standard InChI is InChI=1S/C13H18BClN2O3/c1-12(2)13(3,4)20-14(19-12)8-5-9(7-11(16)18)17-10(15)6-8/h5-6H,7H2,1-4H3,(H2,16,18). The van der Waals surface area contributed by atoms with Crippen molar-refractivity contribution in [2.75, 3.05) is 0 Å². The average Bonchev–Trinajstić information content (AvgIpc) is 2.46. The molecule has 20 heavy (non-hydrogen) atoms. The Morgan fingerprint density at radius 2 is 1.85 bits per heavy atom. The van der Waals surface area contributed by atoms with Gasteiger partial charge in [0.15, 0.2) is 0 Å². The molecule has 5 nitrogen and oxygen atoms in total. The molecule has 0 saturated carbocycles. The van der Waals surface area contributed by atoms with E-state index in [0.29, 0.717) is 5.69 Å². The molecule has 2 rings (SSSR count). The third-order valence-corrected chi connectivity index (χ3v) is 3.94. The molecule has 0 aromatic carbocycles. The van der Waals surface area contributed by atoms with Gasteiger partial charge in [-0.3, -0.25) is 4.79 Å². The lowest BCUT2D eigenvalue weighted by Gasteiger charge is -2.32. The minimum absolute atomic E-state index is 0.0348. The normalized spacial score (nSPS) is 20.1. The maximum Gasteiger partial charge on any atom is 0.495 e. The molecular formula is C13H18BClN2O3. The smallest absolute Gasteiger partial charge is 0.399 e. The first kappa shape index (κ1) is 15.3. The van der Waals surface area contributed by atoms with Crippen LogP contribution in [0.1, 0.15) is 33.4 Å². The first-order valence-electron chi connectivity index (χ1n) is 6.41. The van der Waals surface area contributed by atoms with Crippen LogP contribution in [-0.4, -0.2) is 29.2 Å². The van der Waals surface area contributed by atoms with Crippen LogP contribution in [0.15, 0.2) is 12.1 Å². The van der Waals surface area contributed by atoms with Gasteiger partial charge in [0.2, 0.25) is 5.91 Å². The van der Waals surface area contributed by atoms with Gasteiger partial charge in [-0.15, -0.1) is 0 Å². The summed E-state index contributed by atoms with van der Waals surface area (Å²) < 4.78 is 11.9. The molecule has 1 fully saturated rings. The van der Waals surface area contributed by atoms with Crippen LogP contribution < -0.4 is 11.2 Å². The largest absolute Gasteiger partial charge is 0.495 e. The lowest BCUT2D eigenvalue weighted by atomic mass is 9.79. The molecule has 1 aliphatic rings. The number of nitrogens with zero attached hydrogens (tertiary/aromatic N) is 1. The van der Waals surface area contributed by atoms with Crippen LogP contribution in [0.25, 0.3) is 0 Å². The molecule has 1 aliphatic heterocycles. The lowest BCUT2D eigenvalue weighted by Crippen LogP contribution is -2.41. The van der Waals surface area contributed by atoms with Crippen LogP contribution in [-0.2, 0) is 20.5 Å². The van der Waals surface area contributed by atoms with E-state index < -0.39 is 24.2 Å². The van der Waals surface area contributed by atoms with E-state index in [2.05, 4.69) is 4.98 Å². The van der Waals surface area contributed by atoms with Gasteiger partial charge < -0.3 is 15.0 Å². The molecule has 2 heterocycles. The Hall–Kier alpha value is -1.11. The van der Waals surface area contributed by atoms with Crippen molar-refractivity contribution in [2.45, 2.75) is 45.3 Å². The van der Waals surface area contributed by atoms with Crippen molar-refractivity contribution in [3.63, 3.8) is 0 Å². The summed E-state index contributed by atoms with van der Waals surface area (Å²) in [4.78, 5) is 15.1. The Balaban J connectivity index is 2.30. The van der Waals surface area contributed by atoms with Gasteiger partial charge in [-0.25, -0.2) is 4.98 Å². The Kier molecular flexibility index (Phi) is 3.84. The second kappa shape index (κ2) is 5.02. The van der Waals surface area contributed by atoms with Gasteiger partial charge in [-0.2, -0.15) is 0 Å². The van der Waals surface area contributed by atoms with Gasteiger partial charge in [0.05, 0.1) is 23.3 Å². The third-order valence-electron chi connectivity index (χ3n) is 3.75. The average molecular weight is 297 g/mol. The van der Waals surface area contributed by atoms with Crippen molar-refractivity contribution in [1.82, 2.24) is 4.98 Å². The van der Waals surface area contributed by atoms with Crippen molar-refractivity contribution in [3.05, 3.63) is 23.0 Å². The lowest BCUT2D eigenvalue weighted by molar-refractivity contribution is -0.117. The predicted octanol–water partition coefficient (Wildman–Crippen LogP) is 1.06. The van der Waals surface area contributed by atoms with Crippen molar-refractivity contribution < 1.29 is 14.1 Å². The number of primary amides is 1. The minimum Gasteiger partial charge on any atom is -0.399 e. The highest BCUT2D eigenvalue weighted by atomic mass is 35.5. The molecule has 0 radical (unpaired) electrons. The Morgan fingerprint density at radius 1 is 1.30 bits per heavy atom. The summed E-state index contributed by atoms with van der Waals surface area (Å²) in [6.07, 6.45) is 0.0348. The second-order valence-corrected chi connectivity index (χ2v) is 6.33. The van der Waals surface area contributed by atoms with E-state index in [4.69, 9.17) is 26.6 Å². The van der Waals surface area contributed by atoms with Gasteiger partial charge in [0.1, 0.15) is 5.15 Å². The molecule has 0 spiro atoms. The zero-order chi connectivity index (χ0) is 15.1. The van der Waals surface area contributed by atoms with Crippen molar-refractivity contribution >= 4 is 30.1 Å². The number of halogens is 1. The monoisotopic (exact) mass is 296 g/mol. The van der Waals surface area contributed by atoms with E-state index >= 15 is 0 Å².